The zero-order valence-corrected chi connectivity index (χ0v) is 14.4. The lowest BCUT2D eigenvalue weighted by Crippen LogP contribution is -2.41. The van der Waals surface area contributed by atoms with Gasteiger partial charge in [0, 0.05) is 17.0 Å². The molecule has 0 unspecified atom stereocenters. The van der Waals surface area contributed by atoms with Crippen molar-refractivity contribution in [1.29, 1.82) is 0 Å². The number of carbonyl (C=O) groups excluding carboxylic acids is 2. The molecule has 3 rings (SSSR count). The lowest BCUT2D eigenvalue weighted by Gasteiger charge is -2.07. The van der Waals surface area contributed by atoms with Gasteiger partial charge >= 0.3 is 12.0 Å². The van der Waals surface area contributed by atoms with Crippen molar-refractivity contribution < 1.29 is 23.5 Å². The number of benzene rings is 2. The third-order valence-corrected chi connectivity index (χ3v) is 3.72. The van der Waals surface area contributed by atoms with Crippen molar-refractivity contribution in [1.82, 2.24) is 10.9 Å². The summed E-state index contributed by atoms with van der Waals surface area (Å²) in [5.74, 6) is 0.103. The van der Waals surface area contributed by atoms with Gasteiger partial charge in [0.25, 0.3) is 0 Å². The first kappa shape index (κ1) is 17.3. The number of carbonyl (C=O) groups is 2. The zero-order valence-electron chi connectivity index (χ0n) is 14.4. The van der Waals surface area contributed by atoms with Gasteiger partial charge in [0.2, 0.25) is 5.76 Å². The van der Waals surface area contributed by atoms with E-state index in [1.807, 2.05) is 36.4 Å². The maximum absolute atomic E-state index is 12.6. The first-order chi connectivity index (χ1) is 12.6. The predicted molar refractivity (Wildman–Crippen MR) is 95.8 cm³/mol. The summed E-state index contributed by atoms with van der Waals surface area (Å²) in [5.41, 5.74) is 6.43. The van der Waals surface area contributed by atoms with Crippen LogP contribution in [0, 0.1) is 0 Å². The van der Waals surface area contributed by atoms with Crippen LogP contribution in [0.5, 0.6) is 5.75 Å². The molecule has 7 heteroatoms. The van der Waals surface area contributed by atoms with E-state index in [0.717, 1.165) is 10.9 Å². The number of hydrogen-bond donors (Lipinski definition) is 2. The number of rotatable bonds is 4. The number of ether oxygens (including phenoxy) is 2. The second-order valence-electron chi connectivity index (χ2n) is 5.33. The highest BCUT2D eigenvalue weighted by Crippen LogP contribution is 2.36. The van der Waals surface area contributed by atoms with Crippen molar-refractivity contribution >= 4 is 23.0 Å². The van der Waals surface area contributed by atoms with Crippen LogP contribution in [0.1, 0.15) is 17.5 Å². The van der Waals surface area contributed by atoms with Crippen LogP contribution >= 0.6 is 0 Å². The number of hydrogen-bond acceptors (Lipinski definition) is 5. The van der Waals surface area contributed by atoms with Gasteiger partial charge in [-0.15, -0.1) is 0 Å². The molecule has 2 aromatic carbocycles. The van der Waals surface area contributed by atoms with Crippen LogP contribution in [0.2, 0.25) is 0 Å². The van der Waals surface area contributed by atoms with E-state index in [9.17, 15) is 9.59 Å². The van der Waals surface area contributed by atoms with Crippen LogP contribution in [0.25, 0.3) is 22.1 Å². The Balaban J connectivity index is 2.03. The number of hydrazine groups is 1. The molecule has 0 bridgehead atoms. The third-order valence-electron chi connectivity index (χ3n) is 3.72. The Morgan fingerprint density at radius 2 is 1.85 bits per heavy atom. The molecule has 2 amide bonds. The Morgan fingerprint density at radius 1 is 1.08 bits per heavy atom. The largest absolute Gasteiger partial charge is 0.497 e. The summed E-state index contributed by atoms with van der Waals surface area (Å²) in [5, 5.41) is 0.762. The fourth-order valence-corrected chi connectivity index (χ4v) is 2.59. The minimum Gasteiger partial charge on any atom is -0.497 e. The van der Waals surface area contributed by atoms with E-state index < -0.39 is 12.0 Å². The fourth-order valence-electron chi connectivity index (χ4n) is 2.59. The molecule has 0 fully saturated rings. The molecule has 0 aliphatic rings. The van der Waals surface area contributed by atoms with Crippen LogP contribution < -0.4 is 15.6 Å². The predicted octanol–water partition coefficient (Wildman–Crippen LogP) is 3.50. The van der Waals surface area contributed by atoms with Crippen molar-refractivity contribution in [2.24, 2.45) is 0 Å². The van der Waals surface area contributed by atoms with Crippen molar-refractivity contribution in [2.45, 2.75) is 6.92 Å². The Labute approximate surface area is 149 Å². The number of amides is 2. The van der Waals surface area contributed by atoms with E-state index in [0.29, 0.717) is 16.9 Å². The van der Waals surface area contributed by atoms with Gasteiger partial charge in [-0.2, -0.15) is 0 Å². The van der Waals surface area contributed by atoms with Crippen LogP contribution in [-0.2, 0) is 4.74 Å². The van der Waals surface area contributed by atoms with Gasteiger partial charge in [-0.25, -0.2) is 10.2 Å². The SMILES string of the molecule is CCOC(=O)NNC(=O)c1oc2cc(OC)ccc2c1-c1ccccc1. The molecule has 0 saturated carbocycles. The minimum absolute atomic E-state index is 0.0799. The first-order valence-electron chi connectivity index (χ1n) is 8.03. The van der Waals surface area contributed by atoms with Gasteiger partial charge in [0.05, 0.1) is 13.7 Å². The van der Waals surface area contributed by atoms with Crippen molar-refractivity contribution in [3.63, 3.8) is 0 Å². The lowest BCUT2D eigenvalue weighted by atomic mass is 10.0. The molecule has 0 atom stereocenters. The first-order valence-corrected chi connectivity index (χ1v) is 8.03. The van der Waals surface area contributed by atoms with Crippen LogP contribution in [0.3, 0.4) is 0 Å². The maximum Gasteiger partial charge on any atom is 0.426 e. The summed E-state index contributed by atoms with van der Waals surface area (Å²) in [4.78, 5) is 24.0. The Kier molecular flexibility index (Phi) is 5.07. The second-order valence-corrected chi connectivity index (χ2v) is 5.33. The molecule has 0 radical (unpaired) electrons. The average Bonchev–Trinajstić information content (AvgIpc) is 3.05. The molecule has 1 aromatic heterocycles. The molecular weight excluding hydrogens is 336 g/mol. The molecular formula is C19H18N2O5. The summed E-state index contributed by atoms with van der Waals surface area (Å²) in [6, 6.07) is 14.7. The topological polar surface area (TPSA) is 89.8 Å². The maximum atomic E-state index is 12.6. The highest BCUT2D eigenvalue weighted by atomic mass is 16.6. The highest BCUT2D eigenvalue weighted by molar-refractivity contribution is 6.08. The molecule has 0 aliphatic heterocycles. The van der Waals surface area contributed by atoms with Crippen LogP contribution in [0.4, 0.5) is 4.79 Å². The van der Waals surface area contributed by atoms with E-state index in [1.54, 1.807) is 26.2 Å². The molecule has 7 nitrogen and oxygen atoms in total. The number of furan rings is 1. The second kappa shape index (κ2) is 7.60. The standard InChI is InChI=1S/C19H18N2O5/c1-3-25-19(23)21-20-18(22)17-16(12-7-5-4-6-8-12)14-10-9-13(24-2)11-15(14)26-17/h4-11H,3H2,1-2H3,(H,20,22)(H,21,23). The number of nitrogens with one attached hydrogen (secondary N) is 2. The third kappa shape index (κ3) is 3.46. The summed E-state index contributed by atoms with van der Waals surface area (Å²) in [7, 11) is 1.55. The van der Waals surface area contributed by atoms with Crippen molar-refractivity contribution in [3.8, 4) is 16.9 Å². The van der Waals surface area contributed by atoms with E-state index in [-0.39, 0.29) is 12.4 Å². The molecule has 134 valence electrons. The van der Waals surface area contributed by atoms with Gasteiger partial charge in [0.1, 0.15) is 11.3 Å². The molecule has 26 heavy (non-hydrogen) atoms. The van der Waals surface area contributed by atoms with E-state index >= 15 is 0 Å². The highest BCUT2D eigenvalue weighted by Gasteiger charge is 2.22. The molecule has 3 aromatic rings. The number of fused-ring (bicyclic) bond motifs is 1. The van der Waals surface area contributed by atoms with Gasteiger partial charge in [0.15, 0.2) is 0 Å². The van der Waals surface area contributed by atoms with Crippen molar-refractivity contribution in [3.05, 3.63) is 54.3 Å². The monoisotopic (exact) mass is 354 g/mol. The van der Waals surface area contributed by atoms with Crippen LogP contribution in [-0.4, -0.2) is 25.7 Å². The quantitative estimate of drug-likeness (QED) is 0.700. The summed E-state index contributed by atoms with van der Waals surface area (Å²) in [6.07, 6.45) is -0.750. The molecule has 0 aliphatic carbocycles. The van der Waals surface area contributed by atoms with E-state index in [1.165, 1.54) is 0 Å². The molecule has 1 heterocycles. The van der Waals surface area contributed by atoms with Crippen LogP contribution in [0.15, 0.2) is 52.9 Å². The summed E-state index contributed by atoms with van der Waals surface area (Å²) in [6.45, 7) is 1.86. The lowest BCUT2D eigenvalue weighted by molar-refractivity contribution is 0.0888. The molecule has 0 spiro atoms. The Morgan fingerprint density at radius 3 is 2.54 bits per heavy atom. The van der Waals surface area contributed by atoms with E-state index in [4.69, 9.17) is 13.9 Å². The van der Waals surface area contributed by atoms with Gasteiger partial charge in [-0.3, -0.25) is 10.2 Å². The number of methoxy groups -OCH3 is 1. The van der Waals surface area contributed by atoms with Gasteiger partial charge in [-0.1, -0.05) is 30.3 Å². The van der Waals surface area contributed by atoms with Gasteiger partial charge < -0.3 is 13.9 Å². The van der Waals surface area contributed by atoms with E-state index in [2.05, 4.69) is 10.9 Å². The Bertz CT molecular complexity index is 934. The zero-order chi connectivity index (χ0) is 18.5. The normalized spacial score (nSPS) is 10.4. The summed E-state index contributed by atoms with van der Waals surface area (Å²) >= 11 is 0. The average molecular weight is 354 g/mol. The fraction of sp³-hybridized carbons (Fsp3) is 0.158. The molecule has 0 saturated heterocycles. The van der Waals surface area contributed by atoms with Gasteiger partial charge in [-0.05, 0) is 24.6 Å². The summed E-state index contributed by atoms with van der Waals surface area (Å²) < 4.78 is 15.7. The smallest absolute Gasteiger partial charge is 0.426 e. The minimum atomic E-state index is -0.750. The Hall–Kier alpha value is -3.48. The van der Waals surface area contributed by atoms with Crippen molar-refractivity contribution in [2.75, 3.05) is 13.7 Å². The molecule has 2 N–H and O–H groups in total.